The molecule has 2 N–H and O–H groups in total. The number of hydrogen-bond acceptors (Lipinski definition) is 3. The van der Waals surface area contributed by atoms with Crippen LogP contribution in [-0.2, 0) is 4.79 Å². The number of carbonyl (C=O) groups excluding carboxylic acids is 1. The standard InChI is InChI=1S/C15H26N2O4/c1-10(2)15(13(19)20)4-5-17(9-15)14(21)16(3)8-11-6-12(18)7-11/h10-12,18H,4-9H2,1-3H3,(H,19,20). The Hall–Kier alpha value is -1.30. The first-order chi connectivity index (χ1) is 9.76. The van der Waals surface area contributed by atoms with E-state index in [2.05, 4.69) is 0 Å². The number of nitrogens with zero attached hydrogens (tertiary/aromatic N) is 2. The van der Waals surface area contributed by atoms with E-state index >= 15 is 0 Å². The van der Waals surface area contributed by atoms with E-state index in [1.165, 1.54) is 0 Å². The first-order valence-corrected chi connectivity index (χ1v) is 7.67. The molecule has 1 aliphatic carbocycles. The smallest absolute Gasteiger partial charge is 0.319 e. The van der Waals surface area contributed by atoms with Crippen molar-refractivity contribution in [2.24, 2.45) is 17.3 Å². The van der Waals surface area contributed by atoms with Crippen molar-refractivity contribution in [3.63, 3.8) is 0 Å². The van der Waals surface area contributed by atoms with Crippen LogP contribution in [0.25, 0.3) is 0 Å². The summed E-state index contributed by atoms with van der Waals surface area (Å²) in [4.78, 5) is 27.3. The summed E-state index contributed by atoms with van der Waals surface area (Å²) in [5.41, 5.74) is -0.816. The highest BCUT2D eigenvalue weighted by molar-refractivity contribution is 5.80. The molecule has 2 rings (SSSR count). The molecule has 0 aromatic heterocycles. The highest BCUT2D eigenvalue weighted by Crippen LogP contribution is 2.38. The number of aliphatic hydroxyl groups is 1. The minimum Gasteiger partial charge on any atom is -0.481 e. The van der Waals surface area contributed by atoms with Gasteiger partial charge in [0.2, 0.25) is 0 Å². The number of rotatable bonds is 4. The van der Waals surface area contributed by atoms with Crippen LogP contribution in [0.15, 0.2) is 0 Å². The van der Waals surface area contributed by atoms with Gasteiger partial charge in [0.1, 0.15) is 0 Å². The Morgan fingerprint density at radius 2 is 2.00 bits per heavy atom. The Balaban J connectivity index is 1.93. The van der Waals surface area contributed by atoms with Gasteiger partial charge in [-0.15, -0.1) is 0 Å². The lowest BCUT2D eigenvalue weighted by molar-refractivity contribution is -0.150. The first-order valence-electron chi connectivity index (χ1n) is 7.67. The van der Waals surface area contributed by atoms with Gasteiger partial charge < -0.3 is 20.0 Å². The van der Waals surface area contributed by atoms with E-state index in [0.29, 0.717) is 25.4 Å². The molecule has 1 atom stereocenters. The van der Waals surface area contributed by atoms with Crippen molar-refractivity contribution in [2.45, 2.75) is 39.2 Å². The van der Waals surface area contributed by atoms with Crippen LogP contribution >= 0.6 is 0 Å². The minimum absolute atomic E-state index is 0.000106. The normalized spacial score (nSPS) is 32.1. The topological polar surface area (TPSA) is 81.1 Å². The van der Waals surface area contributed by atoms with Crippen molar-refractivity contribution in [1.29, 1.82) is 0 Å². The van der Waals surface area contributed by atoms with Gasteiger partial charge in [-0.05, 0) is 31.1 Å². The van der Waals surface area contributed by atoms with Crippen LogP contribution in [0.2, 0.25) is 0 Å². The number of carboxylic acid groups (broad SMARTS) is 1. The zero-order valence-corrected chi connectivity index (χ0v) is 13.1. The fraction of sp³-hybridized carbons (Fsp3) is 0.867. The van der Waals surface area contributed by atoms with Crippen molar-refractivity contribution in [3.8, 4) is 0 Å². The van der Waals surface area contributed by atoms with E-state index in [-0.39, 0.29) is 24.6 Å². The monoisotopic (exact) mass is 298 g/mol. The molecule has 2 fully saturated rings. The van der Waals surface area contributed by atoms with Gasteiger partial charge in [-0.3, -0.25) is 4.79 Å². The van der Waals surface area contributed by atoms with Crippen LogP contribution in [0, 0.1) is 17.3 Å². The summed E-state index contributed by atoms with van der Waals surface area (Å²) in [5.74, 6) is -0.441. The van der Waals surface area contributed by atoms with Crippen molar-refractivity contribution in [3.05, 3.63) is 0 Å². The lowest BCUT2D eigenvalue weighted by Crippen LogP contribution is -2.47. The Morgan fingerprint density at radius 3 is 2.43 bits per heavy atom. The highest BCUT2D eigenvalue weighted by Gasteiger charge is 2.49. The third-order valence-electron chi connectivity index (χ3n) is 5.17. The predicted octanol–water partition coefficient (Wildman–Crippen LogP) is 1.24. The van der Waals surface area contributed by atoms with Crippen LogP contribution < -0.4 is 0 Å². The fourth-order valence-electron chi connectivity index (χ4n) is 3.45. The van der Waals surface area contributed by atoms with Crippen LogP contribution in [-0.4, -0.2) is 64.8 Å². The molecular weight excluding hydrogens is 272 g/mol. The summed E-state index contributed by atoms with van der Waals surface area (Å²) in [6, 6.07) is -0.0971. The summed E-state index contributed by atoms with van der Waals surface area (Å²) in [7, 11) is 1.75. The lowest BCUT2D eigenvalue weighted by atomic mass is 9.76. The predicted molar refractivity (Wildman–Crippen MR) is 77.9 cm³/mol. The molecule has 2 amide bonds. The van der Waals surface area contributed by atoms with Crippen LogP contribution in [0.1, 0.15) is 33.1 Å². The first kappa shape index (κ1) is 16.1. The molecule has 21 heavy (non-hydrogen) atoms. The van der Waals surface area contributed by atoms with Crippen molar-refractivity contribution >= 4 is 12.0 Å². The second-order valence-electron chi connectivity index (χ2n) is 6.94. The molecule has 120 valence electrons. The molecule has 0 aromatic rings. The lowest BCUT2D eigenvalue weighted by Gasteiger charge is -2.36. The van der Waals surface area contributed by atoms with Gasteiger partial charge in [-0.2, -0.15) is 0 Å². The molecule has 1 saturated carbocycles. The SMILES string of the molecule is CC(C)C1(C(=O)O)CCN(C(=O)N(C)CC2CC(O)C2)C1. The second kappa shape index (κ2) is 5.83. The fourth-order valence-corrected chi connectivity index (χ4v) is 3.45. The summed E-state index contributed by atoms with van der Waals surface area (Å²) < 4.78 is 0. The molecular formula is C15H26N2O4. The summed E-state index contributed by atoms with van der Waals surface area (Å²) >= 11 is 0. The summed E-state index contributed by atoms with van der Waals surface area (Å²) in [5, 5.41) is 18.8. The van der Waals surface area contributed by atoms with Crippen LogP contribution in [0.3, 0.4) is 0 Å². The molecule has 6 nitrogen and oxygen atoms in total. The van der Waals surface area contributed by atoms with Crippen LogP contribution in [0.5, 0.6) is 0 Å². The molecule has 0 spiro atoms. The molecule has 1 heterocycles. The molecule has 0 bridgehead atoms. The average Bonchev–Trinajstić information content (AvgIpc) is 2.82. The molecule has 0 aromatic carbocycles. The van der Waals surface area contributed by atoms with Gasteiger partial charge in [0.25, 0.3) is 0 Å². The zero-order valence-electron chi connectivity index (χ0n) is 13.1. The van der Waals surface area contributed by atoms with E-state index in [9.17, 15) is 19.8 Å². The van der Waals surface area contributed by atoms with Crippen LogP contribution in [0.4, 0.5) is 4.79 Å². The van der Waals surface area contributed by atoms with Crippen molar-refractivity contribution in [1.82, 2.24) is 9.80 Å². The maximum absolute atomic E-state index is 12.4. The van der Waals surface area contributed by atoms with E-state index in [4.69, 9.17) is 0 Å². The number of urea groups is 1. The highest BCUT2D eigenvalue weighted by atomic mass is 16.4. The third-order valence-corrected chi connectivity index (χ3v) is 5.17. The molecule has 2 aliphatic rings. The van der Waals surface area contributed by atoms with E-state index in [1.54, 1.807) is 16.8 Å². The number of likely N-dealkylation sites (tertiary alicyclic amines) is 1. The Morgan fingerprint density at radius 1 is 1.38 bits per heavy atom. The van der Waals surface area contributed by atoms with Gasteiger partial charge in [0, 0.05) is 26.7 Å². The molecule has 1 unspecified atom stereocenters. The summed E-state index contributed by atoms with van der Waals surface area (Å²) in [6.07, 6.45) is 1.80. The van der Waals surface area contributed by atoms with Gasteiger partial charge in [-0.1, -0.05) is 13.8 Å². The Labute approximate surface area is 125 Å². The van der Waals surface area contributed by atoms with Crippen molar-refractivity contribution < 1.29 is 19.8 Å². The van der Waals surface area contributed by atoms with Gasteiger partial charge in [0.15, 0.2) is 0 Å². The largest absolute Gasteiger partial charge is 0.481 e. The third kappa shape index (κ3) is 3.00. The minimum atomic E-state index is -0.816. The average molecular weight is 298 g/mol. The van der Waals surface area contributed by atoms with E-state index in [0.717, 1.165) is 12.8 Å². The van der Waals surface area contributed by atoms with E-state index < -0.39 is 11.4 Å². The second-order valence-corrected chi connectivity index (χ2v) is 6.94. The number of hydrogen-bond donors (Lipinski definition) is 2. The molecule has 1 aliphatic heterocycles. The maximum atomic E-state index is 12.4. The molecule has 6 heteroatoms. The molecule has 1 saturated heterocycles. The maximum Gasteiger partial charge on any atom is 0.319 e. The number of aliphatic carboxylic acids is 1. The molecule has 0 radical (unpaired) electrons. The number of amides is 2. The zero-order chi connectivity index (χ0) is 15.8. The summed E-state index contributed by atoms with van der Waals surface area (Å²) in [6.45, 7) is 5.23. The number of carboxylic acids is 1. The Kier molecular flexibility index (Phi) is 4.46. The van der Waals surface area contributed by atoms with Gasteiger partial charge in [-0.25, -0.2) is 4.79 Å². The number of carbonyl (C=O) groups is 2. The van der Waals surface area contributed by atoms with Gasteiger partial charge >= 0.3 is 12.0 Å². The Bertz CT molecular complexity index is 420. The quantitative estimate of drug-likeness (QED) is 0.818. The van der Waals surface area contributed by atoms with E-state index in [1.807, 2.05) is 13.8 Å². The number of aliphatic hydroxyl groups excluding tert-OH is 1. The van der Waals surface area contributed by atoms with Crippen molar-refractivity contribution in [2.75, 3.05) is 26.7 Å². The van der Waals surface area contributed by atoms with Gasteiger partial charge in [0.05, 0.1) is 11.5 Å².